The molecule has 7 heteroatoms. The van der Waals surface area contributed by atoms with E-state index in [0.717, 1.165) is 38.4 Å². The fraction of sp³-hybridized carbons (Fsp3) is 0.444. The van der Waals surface area contributed by atoms with Crippen LogP contribution in [0.2, 0.25) is 0 Å². The minimum Gasteiger partial charge on any atom is -0.334 e. The quantitative estimate of drug-likeness (QED) is 0.867. The van der Waals surface area contributed by atoms with Crippen LogP contribution in [-0.2, 0) is 0 Å². The van der Waals surface area contributed by atoms with Crippen molar-refractivity contribution in [3.63, 3.8) is 0 Å². The number of hydrogen-bond donors (Lipinski definition) is 2. The van der Waals surface area contributed by atoms with Crippen molar-refractivity contribution in [2.24, 2.45) is 0 Å². The summed E-state index contributed by atoms with van der Waals surface area (Å²) in [6, 6.07) is 9.70. The van der Waals surface area contributed by atoms with Gasteiger partial charge in [0.25, 0.3) is 0 Å². The van der Waals surface area contributed by atoms with Gasteiger partial charge in [-0.15, -0.1) is 0 Å². The van der Waals surface area contributed by atoms with Gasteiger partial charge in [0.05, 0.1) is 23.8 Å². The van der Waals surface area contributed by atoms with Gasteiger partial charge in [-0.05, 0) is 26.1 Å². The molecule has 0 saturated carbocycles. The summed E-state index contributed by atoms with van der Waals surface area (Å²) in [5.41, 5.74) is 1.63. The third kappa shape index (κ3) is 5.04. The number of piperazine rings is 1. The minimum atomic E-state index is -0.200. The van der Waals surface area contributed by atoms with Crippen LogP contribution in [-0.4, -0.2) is 71.4 Å². The lowest BCUT2D eigenvalue weighted by Gasteiger charge is -2.34. The first-order chi connectivity index (χ1) is 12.1. The molecule has 0 aliphatic carbocycles. The van der Waals surface area contributed by atoms with Crippen LogP contribution in [0.4, 0.5) is 10.5 Å². The molecule has 1 aliphatic rings. The number of carbonyl (C=O) groups excluding carboxylic acids is 1. The van der Waals surface area contributed by atoms with Gasteiger partial charge in [-0.25, -0.2) is 9.48 Å². The van der Waals surface area contributed by atoms with E-state index in [-0.39, 0.29) is 12.1 Å². The SMILES string of the molecule is C[C@@H](CN1CCN(C)CC1)NC(=O)Nc1cnn(-c2ccccc2)c1. The van der Waals surface area contributed by atoms with E-state index in [1.54, 1.807) is 17.1 Å². The Bertz CT molecular complexity index is 678. The Morgan fingerprint density at radius 1 is 1.20 bits per heavy atom. The average molecular weight is 342 g/mol. The number of aromatic nitrogens is 2. The monoisotopic (exact) mass is 342 g/mol. The molecule has 0 radical (unpaired) electrons. The summed E-state index contributed by atoms with van der Waals surface area (Å²) < 4.78 is 1.74. The summed E-state index contributed by atoms with van der Waals surface area (Å²) in [5.74, 6) is 0. The highest BCUT2D eigenvalue weighted by Crippen LogP contribution is 2.11. The molecule has 1 atom stereocenters. The van der Waals surface area contributed by atoms with E-state index in [2.05, 4.69) is 32.6 Å². The zero-order chi connectivity index (χ0) is 17.6. The van der Waals surface area contributed by atoms with Crippen molar-refractivity contribution in [1.29, 1.82) is 0 Å². The normalized spacial score (nSPS) is 17.2. The van der Waals surface area contributed by atoms with Crippen LogP contribution in [0.5, 0.6) is 0 Å². The van der Waals surface area contributed by atoms with Gasteiger partial charge < -0.3 is 15.5 Å². The van der Waals surface area contributed by atoms with Crippen molar-refractivity contribution in [3.05, 3.63) is 42.7 Å². The summed E-state index contributed by atoms with van der Waals surface area (Å²) in [6.07, 6.45) is 3.46. The van der Waals surface area contributed by atoms with Crippen LogP contribution < -0.4 is 10.6 Å². The largest absolute Gasteiger partial charge is 0.334 e. The maximum absolute atomic E-state index is 12.2. The molecule has 134 valence electrons. The van der Waals surface area contributed by atoms with Crippen molar-refractivity contribution in [1.82, 2.24) is 24.9 Å². The number of hydrogen-bond acceptors (Lipinski definition) is 4. The fourth-order valence-electron chi connectivity index (χ4n) is 2.96. The number of nitrogens with one attached hydrogen (secondary N) is 2. The number of para-hydroxylation sites is 1. The van der Waals surface area contributed by atoms with Gasteiger partial charge in [0.1, 0.15) is 0 Å². The molecule has 1 fully saturated rings. The maximum atomic E-state index is 12.2. The topological polar surface area (TPSA) is 65.4 Å². The molecule has 2 amide bonds. The third-order valence-electron chi connectivity index (χ3n) is 4.37. The second-order valence-electron chi connectivity index (χ2n) is 6.61. The summed E-state index contributed by atoms with van der Waals surface area (Å²) in [6.45, 7) is 7.16. The maximum Gasteiger partial charge on any atom is 0.319 e. The highest BCUT2D eigenvalue weighted by Gasteiger charge is 2.17. The van der Waals surface area contributed by atoms with Crippen LogP contribution in [0.1, 0.15) is 6.92 Å². The first kappa shape index (κ1) is 17.4. The molecule has 2 aromatic rings. The van der Waals surface area contributed by atoms with Gasteiger partial charge in [-0.1, -0.05) is 18.2 Å². The Balaban J connectivity index is 1.47. The van der Waals surface area contributed by atoms with Crippen molar-refractivity contribution in [2.75, 3.05) is 45.1 Å². The Hall–Kier alpha value is -2.38. The summed E-state index contributed by atoms with van der Waals surface area (Å²) >= 11 is 0. The Morgan fingerprint density at radius 2 is 1.92 bits per heavy atom. The number of rotatable bonds is 5. The summed E-state index contributed by atoms with van der Waals surface area (Å²) in [4.78, 5) is 16.9. The first-order valence-electron chi connectivity index (χ1n) is 8.68. The van der Waals surface area contributed by atoms with E-state index in [1.165, 1.54) is 0 Å². The zero-order valence-electron chi connectivity index (χ0n) is 14.9. The second kappa shape index (κ2) is 8.13. The zero-order valence-corrected chi connectivity index (χ0v) is 14.9. The molecule has 0 spiro atoms. The number of carbonyl (C=O) groups is 1. The number of amides is 2. The molecular weight excluding hydrogens is 316 g/mol. The van der Waals surface area contributed by atoms with Gasteiger partial charge in [-0.2, -0.15) is 5.10 Å². The van der Waals surface area contributed by atoms with Crippen LogP contribution in [0.15, 0.2) is 42.7 Å². The minimum absolute atomic E-state index is 0.0903. The lowest BCUT2D eigenvalue weighted by atomic mass is 10.2. The fourth-order valence-corrected chi connectivity index (χ4v) is 2.96. The molecule has 2 heterocycles. The van der Waals surface area contributed by atoms with Gasteiger partial charge >= 0.3 is 6.03 Å². The molecule has 1 aromatic heterocycles. The molecule has 3 rings (SSSR count). The van der Waals surface area contributed by atoms with Gasteiger partial charge in [-0.3, -0.25) is 4.90 Å². The molecule has 1 aliphatic heterocycles. The van der Waals surface area contributed by atoms with Crippen molar-refractivity contribution in [3.8, 4) is 5.69 Å². The molecule has 1 saturated heterocycles. The lowest BCUT2D eigenvalue weighted by molar-refractivity contribution is 0.145. The lowest BCUT2D eigenvalue weighted by Crippen LogP contribution is -2.50. The van der Waals surface area contributed by atoms with Crippen molar-refractivity contribution < 1.29 is 4.79 Å². The number of likely N-dealkylation sites (N-methyl/N-ethyl adjacent to an activating group) is 1. The predicted molar refractivity (Wildman–Crippen MR) is 99.1 cm³/mol. The smallest absolute Gasteiger partial charge is 0.319 e. The van der Waals surface area contributed by atoms with Crippen LogP contribution in [0.3, 0.4) is 0 Å². The summed E-state index contributed by atoms with van der Waals surface area (Å²) in [7, 11) is 2.14. The molecule has 0 bridgehead atoms. The van der Waals surface area contributed by atoms with Crippen molar-refractivity contribution in [2.45, 2.75) is 13.0 Å². The van der Waals surface area contributed by atoms with Gasteiger partial charge in [0, 0.05) is 38.8 Å². The van der Waals surface area contributed by atoms with E-state index in [0.29, 0.717) is 5.69 Å². The molecular formula is C18H26N6O. The molecule has 0 unspecified atom stereocenters. The number of nitrogens with zero attached hydrogens (tertiary/aromatic N) is 4. The van der Waals surface area contributed by atoms with E-state index >= 15 is 0 Å². The van der Waals surface area contributed by atoms with Crippen LogP contribution in [0, 0.1) is 0 Å². The number of benzene rings is 1. The Labute approximate surface area is 148 Å². The van der Waals surface area contributed by atoms with E-state index in [9.17, 15) is 4.79 Å². The molecule has 2 N–H and O–H groups in total. The molecule has 25 heavy (non-hydrogen) atoms. The first-order valence-corrected chi connectivity index (χ1v) is 8.68. The van der Waals surface area contributed by atoms with Crippen molar-refractivity contribution >= 4 is 11.7 Å². The third-order valence-corrected chi connectivity index (χ3v) is 4.37. The highest BCUT2D eigenvalue weighted by atomic mass is 16.2. The number of urea groups is 1. The van der Waals surface area contributed by atoms with Gasteiger partial charge in [0.15, 0.2) is 0 Å². The van der Waals surface area contributed by atoms with Crippen LogP contribution >= 0.6 is 0 Å². The van der Waals surface area contributed by atoms with E-state index < -0.39 is 0 Å². The van der Waals surface area contributed by atoms with E-state index in [4.69, 9.17) is 0 Å². The van der Waals surface area contributed by atoms with Gasteiger partial charge in [0.2, 0.25) is 0 Å². The second-order valence-corrected chi connectivity index (χ2v) is 6.61. The van der Waals surface area contributed by atoms with E-state index in [1.807, 2.05) is 37.3 Å². The van der Waals surface area contributed by atoms with Crippen LogP contribution in [0.25, 0.3) is 5.69 Å². The molecule has 1 aromatic carbocycles. The summed E-state index contributed by atoms with van der Waals surface area (Å²) in [5, 5.41) is 10.1. The number of anilines is 1. The Morgan fingerprint density at radius 3 is 2.64 bits per heavy atom. The standard InChI is InChI=1S/C18H26N6O/c1-15(13-23-10-8-22(2)9-11-23)20-18(25)21-16-12-19-24(14-16)17-6-4-3-5-7-17/h3-7,12,14-15H,8-11,13H2,1-2H3,(H2,20,21,25)/t15-/m0/s1. The average Bonchev–Trinajstić information content (AvgIpc) is 3.06. The molecule has 7 nitrogen and oxygen atoms in total. The highest BCUT2D eigenvalue weighted by molar-refractivity contribution is 5.89. The predicted octanol–water partition coefficient (Wildman–Crippen LogP) is 1.63. The Kier molecular flexibility index (Phi) is 5.67.